The highest BCUT2D eigenvalue weighted by atomic mass is 16.5. The molecule has 1 unspecified atom stereocenters. The van der Waals surface area contributed by atoms with Crippen LogP contribution in [0, 0.1) is 0 Å². The van der Waals surface area contributed by atoms with Crippen molar-refractivity contribution in [2.45, 2.75) is 26.0 Å². The van der Waals surface area contributed by atoms with Crippen LogP contribution in [-0.4, -0.2) is 41.0 Å². The Labute approximate surface area is 202 Å². The number of pyridine rings is 1. The summed E-state index contributed by atoms with van der Waals surface area (Å²) in [5.41, 5.74) is 1.49. The van der Waals surface area contributed by atoms with E-state index in [1.807, 2.05) is 0 Å². The van der Waals surface area contributed by atoms with Crippen molar-refractivity contribution in [3.63, 3.8) is 0 Å². The van der Waals surface area contributed by atoms with Crippen LogP contribution >= 0.6 is 0 Å². The van der Waals surface area contributed by atoms with Crippen molar-refractivity contribution < 1.29 is 29.0 Å². The van der Waals surface area contributed by atoms with Gasteiger partial charge in [-0.15, -0.1) is 0 Å². The Morgan fingerprint density at radius 3 is 2.29 bits per heavy atom. The average Bonchev–Trinajstić information content (AvgIpc) is 3.14. The molecular weight excluding hydrogens is 448 g/mol. The first-order chi connectivity index (χ1) is 16.8. The fourth-order valence-electron chi connectivity index (χ4n) is 3.99. The number of carbonyl (C=O) groups is 3. The normalized spacial score (nSPS) is 17.0. The van der Waals surface area contributed by atoms with Crippen LogP contribution in [0.2, 0.25) is 0 Å². The van der Waals surface area contributed by atoms with Crippen molar-refractivity contribution >= 4 is 29.1 Å². The van der Waals surface area contributed by atoms with Gasteiger partial charge >= 0.3 is 5.97 Å². The van der Waals surface area contributed by atoms with E-state index in [1.165, 1.54) is 24.1 Å². The van der Waals surface area contributed by atoms with Gasteiger partial charge in [0.1, 0.15) is 11.5 Å². The van der Waals surface area contributed by atoms with Gasteiger partial charge < -0.3 is 14.6 Å². The molecular formula is C27H24N2O6. The van der Waals surface area contributed by atoms with Crippen molar-refractivity contribution in [2.75, 3.05) is 12.0 Å². The van der Waals surface area contributed by atoms with Crippen LogP contribution in [0.5, 0.6) is 5.75 Å². The Balaban J connectivity index is 1.85. The molecule has 0 aliphatic carbocycles. The molecule has 1 N–H and O–H groups in total. The molecule has 1 aliphatic rings. The molecule has 0 bridgehead atoms. The zero-order valence-corrected chi connectivity index (χ0v) is 19.5. The maximum absolute atomic E-state index is 13.2. The molecule has 1 atom stereocenters. The number of Topliss-reactive ketones (excluding diaryl/α,β-unsaturated/α-hetero) is 1. The molecule has 8 heteroatoms. The van der Waals surface area contributed by atoms with Crippen molar-refractivity contribution in [2.24, 2.45) is 0 Å². The lowest BCUT2D eigenvalue weighted by atomic mass is 9.95. The Kier molecular flexibility index (Phi) is 6.64. The summed E-state index contributed by atoms with van der Waals surface area (Å²) in [7, 11) is 1.46. The Hall–Kier alpha value is -4.46. The van der Waals surface area contributed by atoms with Crippen molar-refractivity contribution in [1.29, 1.82) is 0 Å². The highest BCUT2D eigenvalue weighted by Crippen LogP contribution is 2.43. The third kappa shape index (κ3) is 4.50. The van der Waals surface area contributed by atoms with Gasteiger partial charge in [0.2, 0.25) is 0 Å². The van der Waals surface area contributed by atoms with E-state index >= 15 is 0 Å². The molecule has 3 aromatic rings. The Bertz CT molecular complexity index is 1300. The molecule has 1 aromatic heterocycles. The smallest absolute Gasteiger partial charge is 0.338 e. The molecule has 1 fully saturated rings. The zero-order valence-electron chi connectivity index (χ0n) is 19.5. The van der Waals surface area contributed by atoms with Gasteiger partial charge in [-0.05, 0) is 67.9 Å². The number of ether oxygens (including phenoxy) is 2. The number of methoxy groups -OCH3 is 1. The predicted molar refractivity (Wildman–Crippen MR) is 129 cm³/mol. The fraction of sp³-hybridized carbons (Fsp3) is 0.185. The number of para-hydroxylation sites is 1. The van der Waals surface area contributed by atoms with Crippen molar-refractivity contribution in [3.8, 4) is 5.75 Å². The number of anilines is 1. The minimum absolute atomic E-state index is 0.0750. The van der Waals surface area contributed by atoms with E-state index in [2.05, 4.69) is 4.98 Å². The molecule has 2 heterocycles. The first-order valence-electron chi connectivity index (χ1n) is 11.0. The second kappa shape index (κ2) is 9.80. The molecule has 0 radical (unpaired) electrons. The molecule has 1 saturated heterocycles. The maximum Gasteiger partial charge on any atom is 0.338 e. The van der Waals surface area contributed by atoms with E-state index in [0.29, 0.717) is 28.1 Å². The predicted octanol–water partition coefficient (Wildman–Crippen LogP) is 4.28. The first kappa shape index (κ1) is 23.7. The summed E-state index contributed by atoms with van der Waals surface area (Å²) in [6, 6.07) is 15.3. The van der Waals surface area contributed by atoms with E-state index in [1.54, 1.807) is 74.8 Å². The molecule has 4 rings (SSSR count). The van der Waals surface area contributed by atoms with Gasteiger partial charge in [-0.3, -0.25) is 19.5 Å². The number of esters is 1. The number of aliphatic hydroxyl groups excluding tert-OH is 1. The number of hydrogen-bond acceptors (Lipinski definition) is 7. The van der Waals surface area contributed by atoms with Crippen LogP contribution in [0.25, 0.3) is 5.76 Å². The molecule has 178 valence electrons. The summed E-state index contributed by atoms with van der Waals surface area (Å²) in [4.78, 5) is 44.0. The summed E-state index contributed by atoms with van der Waals surface area (Å²) >= 11 is 0. The third-order valence-corrected chi connectivity index (χ3v) is 5.55. The zero-order chi connectivity index (χ0) is 25.1. The summed E-state index contributed by atoms with van der Waals surface area (Å²) in [6.45, 7) is 3.50. The number of hydrogen-bond donors (Lipinski definition) is 1. The number of nitrogens with zero attached hydrogens (tertiary/aromatic N) is 2. The molecule has 0 spiro atoms. The van der Waals surface area contributed by atoms with Gasteiger partial charge in [0, 0.05) is 18.1 Å². The fourth-order valence-corrected chi connectivity index (χ4v) is 3.99. The van der Waals surface area contributed by atoms with Gasteiger partial charge in [-0.1, -0.05) is 12.1 Å². The Morgan fingerprint density at radius 2 is 1.66 bits per heavy atom. The molecule has 2 aromatic carbocycles. The minimum Gasteiger partial charge on any atom is -0.507 e. The molecule has 1 aliphatic heterocycles. The number of aromatic nitrogens is 1. The van der Waals surface area contributed by atoms with Crippen molar-refractivity contribution in [3.05, 3.63) is 95.3 Å². The summed E-state index contributed by atoms with van der Waals surface area (Å²) < 4.78 is 10.6. The van der Waals surface area contributed by atoms with Crippen LogP contribution < -0.4 is 9.64 Å². The van der Waals surface area contributed by atoms with Gasteiger partial charge in [-0.2, -0.15) is 0 Å². The number of amides is 1. The van der Waals surface area contributed by atoms with Crippen LogP contribution in [0.15, 0.2) is 78.6 Å². The van der Waals surface area contributed by atoms with E-state index in [9.17, 15) is 19.5 Å². The van der Waals surface area contributed by atoms with Crippen LogP contribution in [0.1, 0.15) is 41.4 Å². The largest absolute Gasteiger partial charge is 0.507 e. The van der Waals surface area contributed by atoms with Crippen LogP contribution in [0.4, 0.5) is 5.69 Å². The number of carbonyl (C=O) groups excluding carboxylic acids is 3. The third-order valence-electron chi connectivity index (χ3n) is 5.55. The molecule has 0 saturated carbocycles. The topological polar surface area (TPSA) is 106 Å². The second-order valence-corrected chi connectivity index (χ2v) is 8.15. The second-order valence-electron chi connectivity index (χ2n) is 8.15. The number of ketones is 1. The van der Waals surface area contributed by atoms with E-state index in [4.69, 9.17) is 9.47 Å². The summed E-state index contributed by atoms with van der Waals surface area (Å²) in [5, 5.41) is 11.2. The first-order valence-corrected chi connectivity index (χ1v) is 11.0. The maximum atomic E-state index is 13.2. The number of aliphatic hydroxyl groups is 1. The van der Waals surface area contributed by atoms with Crippen LogP contribution in [-0.2, 0) is 14.3 Å². The Morgan fingerprint density at radius 1 is 1.00 bits per heavy atom. The lowest BCUT2D eigenvalue weighted by molar-refractivity contribution is -0.132. The lowest BCUT2D eigenvalue weighted by Gasteiger charge is -2.25. The van der Waals surface area contributed by atoms with Gasteiger partial charge in [0.15, 0.2) is 0 Å². The highest BCUT2D eigenvalue weighted by Gasteiger charge is 2.47. The average molecular weight is 472 g/mol. The van der Waals surface area contributed by atoms with E-state index in [-0.39, 0.29) is 17.4 Å². The molecule has 8 nitrogen and oxygen atoms in total. The molecule has 35 heavy (non-hydrogen) atoms. The SMILES string of the molecule is COc1ccccc1/C(O)=C1\C(=O)C(=O)N(c2ccc(C(=O)OC(C)C)cc2)C1c1ccncc1. The lowest BCUT2D eigenvalue weighted by Crippen LogP contribution is -2.29. The van der Waals surface area contributed by atoms with Crippen LogP contribution in [0.3, 0.4) is 0 Å². The van der Waals surface area contributed by atoms with Gasteiger partial charge in [0.25, 0.3) is 11.7 Å². The standard InChI is InChI=1S/C27H24N2O6/c1-16(2)35-27(33)18-8-10-19(11-9-18)29-23(17-12-14-28-15-13-17)22(25(31)26(29)32)24(30)20-6-4-5-7-21(20)34-3/h4-16,23,30H,1-3H3/b24-22+. The number of benzene rings is 2. The minimum atomic E-state index is -0.920. The highest BCUT2D eigenvalue weighted by molar-refractivity contribution is 6.51. The van der Waals surface area contributed by atoms with E-state index < -0.39 is 23.7 Å². The summed E-state index contributed by atoms with van der Waals surface area (Å²) in [6.07, 6.45) is 2.81. The summed E-state index contributed by atoms with van der Waals surface area (Å²) in [5.74, 6) is -2.12. The molecule has 1 amide bonds. The quantitative estimate of drug-likeness (QED) is 0.247. The van der Waals surface area contributed by atoms with Crippen molar-refractivity contribution in [1.82, 2.24) is 4.98 Å². The van der Waals surface area contributed by atoms with E-state index in [0.717, 1.165) is 0 Å². The van der Waals surface area contributed by atoms with Gasteiger partial charge in [0.05, 0.1) is 36.0 Å². The van der Waals surface area contributed by atoms with Gasteiger partial charge in [-0.25, -0.2) is 4.79 Å². The monoisotopic (exact) mass is 472 g/mol. The number of rotatable bonds is 6.